The smallest absolute Gasteiger partial charge is 0.203 e. The second kappa shape index (κ2) is 103. The van der Waals surface area contributed by atoms with E-state index in [2.05, 4.69) is 153 Å². The van der Waals surface area contributed by atoms with Gasteiger partial charge in [0.05, 0.1) is 59.5 Å². The molecule has 0 heterocycles. The van der Waals surface area contributed by atoms with Crippen LogP contribution in [0.5, 0.6) is 51.7 Å². The molecule has 4 rings (SSSR count). The van der Waals surface area contributed by atoms with Crippen LogP contribution in [0.25, 0.3) is 36.5 Å². The molecule has 0 spiro atoms. The third-order valence-electron chi connectivity index (χ3n) is 30.3. The molecule has 0 N–H and O–H groups in total. The first kappa shape index (κ1) is 134. The molecule has 846 valence electrons. The van der Waals surface area contributed by atoms with Gasteiger partial charge in [0.25, 0.3) is 0 Å². The van der Waals surface area contributed by atoms with Gasteiger partial charge in [-0.1, -0.05) is 619 Å². The predicted octanol–water partition coefficient (Wildman–Crippen LogP) is 46.9. The fourth-order valence-corrected chi connectivity index (χ4v) is 20.6. The third kappa shape index (κ3) is 77.3. The minimum Gasteiger partial charge on any atom is -0.490 e. The van der Waals surface area contributed by atoms with Crippen LogP contribution in [0.2, 0.25) is 0 Å². The van der Waals surface area contributed by atoms with Crippen molar-refractivity contribution in [3.05, 3.63) is 88.0 Å². The molecule has 0 unspecified atom stereocenters. The average molecular weight is 2040 g/mol. The number of benzene rings is 4. The maximum absolute atomic E-state index is 7.06. The molecule has 0 saturated carbocycles. The SMILES string of the molecule is CCCCCCCCCCCCOc1cc(C=Cc2cc(C=Cc3cc(OCCCCCCCCCCCC)c(OCCCCCCCCCCCC)c(OCCCCCCCCCCCC)c3)cc(C=Cc3cc(OCCCCCCCCCCCC)c(OCCCCCCCCCCCC)c(OCCCCCCCCCCCC)c3)c2)cc(OCCCCCCCCCCCC)c1OCCCCCCCCCCCC. The Bertz CT molecular complexity index is 3070. The summed E-state index contributed by atoms with van der Waals surface area (Å²) in [5.74, 6) is 7.06. The quantitative estimate of drug-likeness (QED) is 0.0317. The van der Waals surface area contributed by atoms with Crippen molar-refractivity contribution in [3.8, 4) is 51.7 Å². The fraction of sp³-hybridized carbons (Fsp3) is 0.783. The Balaban J connectivity index is 2.02. The van der Waals surface area contributed by atoms with Gasteiger partial charge in [-0.2, -0.15) is 0 Å². The number of hydrogen-bond donors (Lipinski definition) is 0. The first-order chi connectivity index (χ1) is 72.8. The van der Waals surface area contributed by atoms with Gasteiger partial charge in [0, 0.05) is 0 Å². The van der Waals surface area contributed by atoms with Crippen molar-refractivity contribution >= 4 is 36.5 Å². The Kier molecular flexibility index (Phi) is 93.9. The van der Waals surface area contributed by atoms with E-state index in [4.69, 9.17) is 42.6 Å². The summed E-state index contributed by atoms with van der Waals surface area (Å²) in [5.41, 5.74) is 6.38. The largest absolute Gasteiger partial charge is 0.490 e. The second-order valence-electron chi connectivity index (χ2n) is 44.7. The summed E-state index contributed by atoms with van der Waals surface area (Å²) in [5, 5.41) is 0. The van der Waals surface area contributed by atoms with Gasteiger partial charge in [-0.05, 0) is 146 Å². The summed E-state index contributed by atoms with van der Waals surface area (Å²) >= 11 is 0. The van der Waals surface area contributed by atoms with E-state index in [1.165, 1.54) is 482 Å². The molecular formula is C138H240O9. The third-order valence-corrected chi connectivity index (χ3v) is 30.3. The lowest BCUT2D eigenvalue weighted by Crippen LogP contribution is -2.07. The van der Waals surface area contributed by atoms with Crippen LogP contribution in [-0.2, 0) is 0 Å². The van der Waals surface area contributed by atoms with Crippen LogP contribution in [0.4, 0.5) is 0 Å². The number of hydrogen-bond acceptors (Lipinski definition) is 9. The summed E-state index contributed by atoms with van der Waals surface area (Å²) in [6.07, 6.45) is 129. The molecule has 0 radical (unpaired) electrons. The lowest BCUT2D eigenvalue weighted by Gasteiger charge is -2.19. The Morgan fingerprint density at radius 1 is 0.109 bits per heavy atom. The zero-order chi connectivity index (χ0) is 105. The Morgan fingerprint density at radius 2 is 0.197 bits per heavy atom. The molecule has 0 bridgehead atoms. The molecule has 0 aliphatic rings. The van der Waals surface area contributed by atoms with Crippen LogP contribution in [0.1, 0.15) is 674 Å². The van der Waals surface area contributed by atoms with Crippen molar-refractivity contribution in [2.75, 3.05) is 59.5 Å². The van der Waals surface area contributed by atoms with Gasteiger partial charge >= 0.3 is 0 Å². The van der Waals surface area contributed by atoms with Crippen LogP contribution in [0.3, 0.4) is 0 Å². The normalized spacial score (nSPS) is 11.7. The highest BCUT2D eigenvalue weighted by Gasteiger charge is 2.21. The molecule has 4 aromatic carbocycles. The van der Waals surface area contributed by atoms with Gasteiger partial charge in [-0.3, -0.25) is 0 Å². The molecule has 0 amide bonds. The highest BCUT2D eigenvalue weighted by Crippen LogP contribution is 2.44. The molecule has 0 saturated heterocycles. The van der Waals surface area contributed by atoms with Gasteiger partial charge in [0.1, 0.15) is 0 Å². The molecule has 0 fully saturated rings. The van der Waals surface area contributed by atoms with E-state index in [0.29, 0.717) is 59.5 Å². The monoisotopic (exact) mass is 2040 g/mol. The molecule has 0 aromatic heterocycles. The minimum atomic E-state index is 0.642. The fourth-order valence-electron chi connectivity index (χ4n) is 20.6. The molecule has 9 nitrogen and oxygen atoms in total. The summed E-state index contributed by atoms with van der Waals surface area (Å²) in [4.78, 5) is 0. The summed E-state index contributed by atoms with van der Waals surface area (Å²) in [6.45, 7) is 26.6. The Labute approximate surface area is 912 Å². The standard InChI is InChI=1S/C138H240O9/c1-10-19-28-37-46-55-64-73-82-91-106-139-130-118-127(119-131(140-107-92-83-74-65-56-47-38-29-20-11-2)136(130)145-112-97-88-79-70-61-52-43-34-25-16-7)103-100-124-115-125(101-104-128-120-132(141-108-93-84-75-66-57-48-39-30-21-12-3)137(146-113-98-89-80-71-62-53-44-35-26-17-8)133(121-128)142-109-94-85-76-67-58-49-40-31-22-13-4)117-126(116-124)102-105-129-122-134(143-110-95-86-77-68-59-50-41-32-23-14-5)138(147-114-99-90-81-72-63-54-45-36-27-18-9)135(123-129)144-111-96-87-78-69-60-51-42-33-24-15-6/h100-105,115-123H,10-99,106-114H2,1-9H3. The van der Waals surface area contributed by atoms with Crippen molar-refractivity contribution in [1.29, 1.82) is 0 Å². The molecule has 0 aliphatic heterocycles. The Hall–Kier alpha value is -5.70. The van der Waals surface area contributed by atoms with Gasteiger partial charge in [-0.25, -0.2) is 0 Å². The molecule has 147 heavy (non-hydrogen) atoms. The van der Waals surface area contributed by atoms with E-state index in [-0.39, 0.29) is 0 Å². The van der Waals surface area contributed by atoms with Crippen molar-refractivity contribution in [3.63, 3.8) is 0 Å². The lowest BCUT2D eigenvalue weighted by molar-refractivity contribution is 0.234. The average Bonchev–Trinajstić information content (AvgIpc) is 0.823. The van der Waals surface area contributed by atoms with Crippen molar-refractivity contribution < 1.29 is 42.6 Å². The van der Waals surface area contributed by atoms with Crippen molar-refractivity contribution in [2.24, 2.45) is 0 Å². The van der Waals surface area contributed by atoms with Crippen molar-refractivity contribution in [2.45, 2.75) is 640 Å². The Morgan fingerprint density at radius 3 is 0.306 bits per heavy atom. The maximum Gasteiger partial charge on any atom is 0.203 e. The highest BCUT2D eigenvalue weighted by molar-refractivity contribution is 5.81. The number of rotatable bonds is 114. The van der Waals surface area contributed by atoms with Crippen LogP contribution in [0, 0.1) is 0 Å². The van der Waals surface area contributed by atoms with E-state index in [0.717, 1.165) is 181 Å². The van der Waals surface area contributed by atoms with Crippen LogP contribution in [0.15, 0.2) is 54.6 Å². The summed E-state index contributed by atoms with van der Waals surface area (Å²) < 4.78 is 63.5. The maximum atomic E-state index is 7.06. The van der Waals surface area contributed by atoms with E-state index in [1.54, 1.807) is 0 Å². The topological polar surface area (TPSA) is 83.1 Å². The van der Waals surface area contributed by atoms with E-state index < -0.39 is 0 Å². The summed E-state index contributed by atoms with van der Waals surface area (Å²) in [6, 6.07) is 20.5. The van der Waals surface area contributed by atoms with Gasteiger partial charge < -0.3 is 42.6 Å². The highest BCUT2D eigenvalue weighted by atomic mass is 16.6. The second-order valence-corrected chi connectivity index (χ2v) is 44.7. The predicted molar refractivity (Wildman–Crippen MR) is 649 cm³/mol. The summed E-state index contributed by atoms with van der Waals surface area (Å²) in [7, 11) is 0. The zero-order valence-electron chi connectivity index (χ0n) is 98.8. The number of unbranched alkanes of at least 4 members (excludes halogenated alkanes) is 81. The molecule has 0 aliphatic carbocycles. The first-order valence-corrected chi connectivity index (χ1v) is 65.2. The zero-order valence-corrected chi connectivity index (χ0v) is 98.8. The van der Waals surface area contributed by atoms with Crippen LogP contribution < -0.4 is 42.6 Å². The van der Waals surface area contributed by atoms with Gasteiger partial charge in [0.15, 0.2) is 34.5 Å². The molecule has 4 aromatic rings. The van der Waals surface area contributed by atoms with E-state index >= 15 is 0 Å². The van der Waals surface area contributed by atoms with Crippen LogP contribution in [-0.4, -0.2) is 59.5 Å². The van der Waals surface area contributed by atoms with Gasteiger partial charge in [-0.15, -0.1) is 0 Å². The lowest BCUT2D eigenvalue weighted by atomic mass is 10.0. The molecular weight excluding hydrogens is 1800 g/mol. The number of ether oxygens (including phenoxy) is 9. The van der Waals surface area contributed by atoms with Gasteiger partial charge in [0.2, 0.25) is 17.2 Å². The van der Waals surface area contributed by atoms with Crippen LogP contribution >= 0.6 is 0 Å². The van der Waals surface area contributed by atoms with Crippen molar-refractivity contribution in [1.82, 2.24) is 0 Å². The molecule has 0 atom stereocenters. The molecule has 9 heteroatoms. The first-order valence-electron chi connectivity index (χ1n) is 65.2. The van der Waals surface area contributed by atoms with E-state index in [9.17, 15) is 0 Å². The minimum absolute atomic E-state index is 0.642. The van der Waals surface area contributed by atoms with E-state index in [1.807, 2.05) is 0 Å².